The summed E-state index contributed by atoms with van der Waals surface area (Å²) in [7, 11) is 3.10. The third kappa shape index (κ3) is 5.68. The van der Waals surface area contributed by atoms with E-state index in [1.54, 1.807) is 31.4 Å². The normalized spacial score (nSPS) is 10.6. The Kier molecular flexibility index (Phi) is 6.78. The SMILES string of the molecule is COc1ccc(/C=C/C(=O)OCc2nc(N)nc(Nc3ccccc3)n2)c(OC)c1. The molecule has 1 heterocycles. The molecule has 0 aliphatic rings. The van der Waals surface area contributed by atoms with E-state index in [0.29, 0.717) is 17.1 Å². The van der Waals surface area contributed by atoms with Crippen LogP contribution in [0.5, 0.6) is 11.5 Å². The van der Waals surface area contributed by atoms with Crippen LogP contribution < -0.4 is 20.5 Å². The molecule has 0 spiro atoms. The van der Waals surface area contributed by atoms with Crippen LogP contribution in [-0.4, -0.2) is 35.1 Å². The molecule has 0 saturated carbocycles. The third-order valence-corrected chi connectivity index (χ3v) is 3.91. The van der Waals surface area contributed by atoms with Gasteiger partial charge in [0.25, 0.3) is 0 Å². The van der Waals surface area contributed by atoms with Crippen LogP contribution in [0.4, 0.5) is 17.6 Å². The van der Waals surface area contributed by atoms with Gasteiger partial charge in [0.1, 0.15) is 11.5 Å². The zero-order valence-electron chi connectivity index (χ0n) is 16.5. The summed E-state index contributed by atoms with van der Waals surface area (Å²) in [5, 5.41) is 3.02. The van der Waals surface area contributed by atoms with Crippen molar-refractivity contribution in [1.82, 2.24) is 15.0 Å². The monoisotopic (exact) mass is 407 g/mol. The summed E-state index contributed by atoms with van der Waals surface area (Å²) in [5.41, 5.74) is 7.23. The number of methoxy groups -OCH3 is 2. The molecule has 0 atom stereocenters. The van der Waals surface area contributed by atoms with E-state index in [9.17, 15) is 4.79 Å². The molecule has 0 amide bonds. The average molecular weight is 407 g/mol. The second kappa shape index (κ2) is 9.87. The highest BCUT2D eigenvalue weighted by Crippen LogP contribution is 2.25. The Morgan fingerprint density at radius 3 is 2.60 bits per heavy atom. The van der Waals surface area contributed by atoms with Gasteiger partial charge >= 0.3 is 5.97 Å². The van der Waals surface area contributed by atoms with Crippen molar-refractivity contribution < 1.29 is 19.0 Å². The molecule has 0 saturated heterocycles. The maximum atomic E-state index is 12.1. The lowest BCUT2D eigenvalue weighted by Gasteiger charge is -2.08. The predicted octanol–water partition coefficient (Wildman–Crippen LogP) is 2.97. The lowest BCUT2D eigenvalue weighted by Crippen LogP contribution is -2.10. The second-order valence-electron chi connectivity index (χ2n) is 5.97. The van der Waals surface area contributed by atoms with Gasteiger partial charge in [0.2, 0.25) is 11.9 Å². The van der Waals surface area contributed by atoms with Crippen molar-refractivity contribution in [2.24, 2.45) is 0 Å². The number of para-hydroxylation sites is 1. The van der Waals surface area contributed by atoms with Crippen molar-refractivity contribution in [1.29, 1.82) is 0 Å². The number of anilines is 3. The first-order valence-corrected chi connectivity index (χ1v) is 8.96. The van der Waals surface area contributed by atoms with Crippen LogP contribution in [0, 0.1) is 0 Å². The first-order valence-electron chi connectivity index (χ1n) is 8.96. The van der Waals surface area contributed by atoms with Crippen molar-refractivity contribution in [2.75, 3.05) is 25.3 Å². The Morgan fingerprint density at radius 1 is 1.07 bits per heavy atom. The Labute approximate surface area is 173 Å². The number of aromatic nitrogens is 3. The highest BCUT2D eigenvalue weighted by molar-refractivity contribution is 5.87. The zero-order chi connectivity index (χ0) is 21.3. The maximum Gasteiger partial charge on any atom is 0.331 e. The van der Waals surface area contributed by atoms with Gasteiger partial charge in [-0.3, -0.25) is 0 Å². The molecule has 9 nitrogen and oxygen atoms in total. The summed E-state index contributed by atoms with van der Waals surface area (Å²) >= 11 is 0. The number of nitrogens with two attached hydrogens (primary N) is 1. The second-order valence-corrected chi connectivity index (χ2v) is 5.97. The number of nitrogen functional groups attached to an aromatic ring is 1. The molecule has 3 rings (SSSR count). The van der Waals surface area contributed by atoms with E-state index in [1.807, 2.05) is 30.3 Å². The molecule has 3 N–H and O–H groups in total. The fourth-order valence-corrected chi connectivity index (χ4v) is 2.51. The number of hydrogen-bond donors (Lipinski definition) is 2. The Bertz CT molecular complexity index is 1040. The number of hydrogen-bond acceptors (Lipinski definition) is 9. The molecular weight excluding hydrogens is 386 g/mol. The van der Waals surface area contributed by atoms with Gasteiger partial charge in [-0.05, 0) is 30.3 Å². The summed E-state index contributed by atoms with van der Waals surface area (Å²) in [4.78, 5) is 24.3. The average Bonchev–Trinajstić information content (AvgIpc) is 2.76. The first kappa shape index (κ1) is 20.6. The largest absolute Gasteiger partial charge is 0.497 e. The quantitative estimate of drug-likeness (QED) is 0.429. The third-order valence-electron chi connectivity index (χ3n) is 3.91. The maximum absolute atomic E-state index is 12.1. The van der Waals surface area contributed by atoms with Crippen molar-refractivity contribution in [3.05, 3.63) is 66.0 Å². The topological polar surface area (TPSA) is 121 Å². The number of ether oxygens (including phenoxy) is 3. The van der Waals surface area contributed by atoms with E-state index in [1.165, 1.54) is 13.2 Å². The fraction of sp³-hybridized carbons (Fsp3) is 0.143. The summed E-state index contributed by atoms with van der Waals surface area (Å²) in [6.07, 6.45) is 2.88. The van der Waals surface area contributed by atoms with Gasteiger partial charge in [-0.1, -0.05) is 18.2 Å². The highest BCUT2D eigenvalue weighted by atomic mass is 16.5. The summed E-state index contributed by atoms with van der Waals surface area (Å²) in [6.45, 7) is -0.154. The molecule has 1 aromatic heterocycles. The number of nitrogens with zero attached hydrogens (tertiary/aromatic N) is 3. The van der Waals surface area contributed by atoms with Gasteiger partial charge in [-0.25, -0.2) is 4.79 Å². The van der Waals surface area contributed by atoms with E-state index in [-0.39, 0.29) is 24.3 Å². The minimum atomic E-state index is -0.565. The Balaban J connectivity index is 1.62. The van der Waals surface area contributed by atoms with E-state index in [2.05, 4.69) is 20.3 Å². The standard InChI is InChI=1S/C21H21N5O4/c1-28-16-10-8-14(17(12-16)29-2)9-11-19(27)30-13-18-24-20(22)26-21(25-18)23-15-6-4-3-5-7-15/h3-12H,13H2,1-2H3,(H3,22,23,24,25,26)/b11-9+. The molecule has 3 aromatic rings. The van der Waals surface area contributed by atoms with Crippen LogP contribution in [0.2, 0.25) is 0 Å². The Hall–Kier alpha value is -4.14. The lowest BCUT2D eigenvalue weighted by atomic mass is 10.2. The molecule has 0 aliphatic heterocycles. The van der Waals surface area contributed by atoms with Crippen LogP contribution in [0.25, 0.3) is 6.08 Å². The lowest BCUT2D eigenvalue weighted by molar-refractivity contribution is -0.139. The fourth-order valence-electron chi connectivity index (χ4n) is 2.51. The summed E-state index contributed by atoms with van der Waals surface area (Å²) in [5.74, 6) is 1.17. The molecule has 154 valence electrons. The molecule has 0 unspecified atom stereocenters. The highest BCUT2D eigenvalue weighted by Gasteiger charge is 2.08. The van der Waals surface area contributed by atoms with Gasteiger partial charge in [-0.15, -0.1) is 0 Å². The zero-order valence-corrected chi connectivity index (χ0v) is 16.5. The van der Waals surface area contributed by atoms with Crippen molar-refractivity contribution in [2.45, 2.75) is 6.61 Å². The number of esters is 1. The minimum absolute atomic E-state index is 0.0213. The molecule has 30 heavy (non-hydrogen) atoms. The van der Waals surface area contributed by atoms with Crippen molar-refractivity contribution in [3.63, 3.8) is 0 Å². The van der Waals surface area contributed by atoms with Gasteiger partial charge in [0.15, 0.2) is 12.4 Å². The molecule has 0 aliphatic carbocycles. The van der Waals surface area contributed by atoms with Crippen molar-refractivity contribution >= 4 is 29.6 Å². The number of benzene rings is 2. The molecule has 0 radical (unpaired) electrons. The number of nitrogens with one attached hydrogen (secondary N) is 1. The van der Waals surface area contributed by atoms with E-state index in [4.69, 9.17) is 19.9 Å². The van der Waals surface area contributed by atoms with Crippen molar-refractivity contribution in [3.8, 4) is 11.5 Å². The first-order chi connectivity index (χ1) is 14.6. The minimum Gasteiger partial charge on any atom is -0.497 e. The number of carbonyl (C=O) groups excluding carboxylic acids is 1. The van der Waals surface area contributed by atoms with Gasteiger partial charge in [0.05, 0.1) is 14.2 Å². The van der Waals surface area contributed by atoms with E-state index >= 15 is 0 Å². The van der Waals surface area contributed by atoms with Gasteiger partial charge in [0, 0.05) is 23.4 Å². The number of rotatable bonds is 8. The summed E-state index contributed by atoms with van der Waals surface area (Å²) < 4.78 is 15.6. The molecule has 0 fully saturated rings. The molecular formula is C21H21N5O4. The smallest absolute Gasteiger partial charge is 0.331 e. The van der Waals surface area contributed by atoms with Gasteiger partial charge in [-0.2, -0.15) is 15.0 Å². The summed E-state index contributed by atoms with van der Waals surface area (Å²) in [6, 6.07) is 14.6. The molecule has 2 aromatic carbocycles. The van der Waals surface area contributed by atoms with Crippen LogP contribution in [0.3, 0.4) is 0 Å². The van der Waals surface area contributed by atoms with E-state index < -0.39 is 5.97 Å². The van der Waals surface area contributed by atoms with E-state index in [0.717, 1.165) is 5.69 Å². The van der Waals surface area contributed by atoms with Crippen LogP contribution in [0.15, 0.2) is 54.6 Å². The molecule has 0 bridgehead atoms. The van der Waals surface area contributed by atoms with Crippen LogP contribution in [-0.2, 0) is 16.1 Å². The number of carbonyl (C=O) groups is 1. The molecule has 9 heteroatoms. The van der Waals surface area contributed by atoms with Gasteiger partial charge < -0.3 is 25.3 Å². The predicted molar refractivity (Wildman–Crippen MR) is 112 cm³/mol. The Morgan fingerprint density at radius 2 is 1.87 bits per heavy atom. The van der Waals surface area contributed by atoms with Crippen LogP contribution >= 0.6 is 0 Å². The van der Waals surface area contributed by atoms with Crippen LogP contribution in [0.1, 0.15) is 11.4 Å².